The first kappa shape index (κ1) is 15.8. The van der Waals surface area contributed by atoms with E-state index in [1.54, 1.807) is 18.5 Å². The van der Waals surface area contributed by atoms with E-state index in [0.717, 1.165) is 16.6 Å². The van der Waals surface area contributed by atoms with Crippen molar-refractivity contribution in [3.8, 4) is 11.5 Å². The van der Waals surface area contributed by atoms with Gasteiger partial charge in [-0.1, -0.05) is 36.4 Å². The first-order valence-electron chi connectivity index (χ1n) is 8.18. The van der Waals surface area contributed by atoms with Crippen LogP contribution < -0.4 is 10.1 Å². The molecule has 0 spiro atoms. The van der Waals surface area contributed by atoms with Crippen LogP contribution in [0, 0.1) is 0 Å². The van der Waals surface area contributed by atoms with Gasteiger partial charge in [-0.05, 0) is 18.2 Å². The molecule has 2 heterocycles. The molecule has 0 fully saturated rings. The molecule has 0 bridgehead atoms. The number of benzene rings is 2. The van der Waals surface area contributed by atoms with Gasteiger partial charge in [0.2, 0.25) is 5.91 Å². The molecule has 0 unspecified atom stereocenters. The molecule has 128 valence electrons. The number of hydrogen-bond acceptors (Lipinski definition) is 4. The Morgan fingerprint density at radius 2 is 1.85 bits per heavy atom. The van der Waals surface area contributed by atoms with E-state index >= 15 is 0 Å². The fraction of sp³-hybridized carbons (Fsp3) is 0.0500. The quantitative estimate of drug-likeness (QED) is 0.575. The SMILES string of the molecule is O=C(Cc1[nH]nc2ccccc12)Nc1cnccc1Oc1ccccc1. The van der Waals surface area contributed by atoms with Crippen LogP contribution in [0.4, 0.5) is 5.69 Å². The van der Waals surface area contributed by atoms with Gasteiger partial charge in [0.25, 0.3) is 0 Å². The Labute approximate surface area is 149 Å². The van der Waals surface area contributed by atoms with E-state index in [1.165, 1.54) is 0 Å². The lowest BCUT2D eigenvalue weighted by Gasteiger charge is -2.11. The van der Waals surface area contributed by atoms with Crippen molar-refractivity contribution in [1.29, 1.82) is 0 Å². The number of carbonyl (C=O) groups excluding carboxylic acids is 1. The summed E-state index contributed by atoms with van der Waals surface area (Å²) in [4.78, 5) is 16.6. The molecular formula is C20H16N4O2. The van der Waals surface area contributed by atoms with E-state index < -0.39 is 0 Å². The zero-order valence-electron chi connectivity index (χ0n) is 13.8. The molecule has 0 aliphatic rings. The van der Waals surface area contributed by atoms with Crippen LogP contribution in [-0.2, 0) is 11.2 Å². The van der Waals surface area contributed by atoms with Gasteiger partial charge in [-0.2, -0.15) is 5.10 Å². The van der Waals surface area contributed by atoms with E-state index in [0.29, 0.717) is 17.2 Å². The number of anilines is 1. The molecule has 0 radical (unpaired) electrons. The summed E-state index contributed by atoms with van der Waals surface area (Å²) in [5, 5.41) is 10.9. The summed E-state index contributed by atoms with van der Waals surface area (Å²) in [6, 6.07) is 18.8. The lowest BCUT2D eigenvalue weighted by molar-refractivity contribution is -0.115. The molecule has 6 nitrogen and oxygen atoms in total. The Balaban J connectivity index is 1.51. The van der Waals surface area contributed by atoms with E-state index in [9.17, 15) is 4.79 Å². The summed E-state index contributed by atoms with van der Waals surface area (Å²) >= 11 is 0. The van der Waals surface area contributed by atoms with E-state index in [2.05, 4.69) is 20.5 Å². The fourth-order valence-corrected chi connectivity index (χ4v) is 2.68. The van der Waals surface area contributed by atoms with Gasteiger partial charge >= 0.3 is 0 Å². The van der Waals surface area contributed by atoms with Crippen LogP contribution in [0.3, 0.4) is 0 Å². The number of ether oxygens (including phenoxy) is 1. The number of aromatic amines is 1. The average molecular weight is 344 g/mol. The minimum Gasteiger partial charge on any atom is -0.455 e. The number of aromatic nitrogens is 3. The second-order valence-electron chi connectivity index (χ2n) is 5.73. The van der Waals surface area contributed by atoms with Crippen molar-refractivity contribution in [3.05, 3.63) is 78.8 Å². The van der Waals surface area contributed by atoms with Crippen molar-refractivity contribution in [2.75, 3.05) is 5.32 Å². The highest BCUT2D eigenvalue weighted by molar-refractivity contribution is 5.95. The Kier molecular flexibility index (Phi) is 4.30. The molecule has 2 N–H and O–H groups in total. The molecular weight excluding hydrogens is 328 g/mol. The van der Waals surface area contributed by atoms with Crippen LogP contribution >= 0.6 is 0 Å². The highest BCUT2D eigenvalue weighted by Crippen LogP contribution is 2.28. The number of hydrogen-bond donors (Lipinski definition) is 2. The molecule has 0 aliphatic carbocycles. The third kappa shape index (κ3) is 3.39. The maximum absolute atomic E-state index is 12.5. The summed E-state index contributed by atoms with van der Waals surface area (Å²) in [5.41, 5.74) is 2.13. The van der Waals surface area contributed by atoms with Crippen LogP contribution in [0.2, 0.25) is 0 Å². The average Bonchev–Trinajstić information content (AvgIpc) is 3.07. The predicted molar refractivity (Wildman–Crippen MR) is 99.2 cm³/mol. The number of nitrogens with one attached hydrogen (secondary N) is 2. The second kappa shape index (κ2) is 7.06. The van der Waals surface area contributed by atoms with Crippen molar-refractivity contribution in [1.82, 2.24) is 15.2 Å². The molecule has 0 saturated carbocycles. The lowest BCUT2D eigenvalue weighted by Crippen LogP contribution is -2.15. The van der Waals surface area contributed by atoms with Crippen molar-refractivity contribution < 1.29 is 9.53 Å². The van der Waals surface area contributed by atoms with E-state index in [-0.39, 0.29) is 12.3 Å². The second-order valence-corrected chi connectivity index (χ2v) is 5.73. The van der Waals surface area contributed by atoms with Crippen LogP contribution in [0.5, 0.6) is 11.5 Å². The highest BCUT2D eigenvalue weighted by Gasteiger charge is 2.13. The summed E-state index contributed by atoms with van der Waals surface area (Å²) in [7, 11) is 0. The van der Waals surface area contributed by atoms with Crippen molar-refractivity contribution in [2.45, 2.75) is 6.42 Å². The minimum absolute atomic E-state index is 0.176. The molecule has 2 aromatic carbocycles. The van der Waals surface area contributed by atoms with Crippen molar-refractivity contribution in [3.63, 3.8) is 0 Å². The third-order valence-corrected chi connectivity index (χ3v) is 3.90. The van der Waals surface area contributed by atoms with Crippen molar-refractivity contribution >= 4 is 22.5 Å². The molecule has 0 aliphatic heterocycles. The zero-order valence-corrected chi connectivity index (χ0v) is 13.8. The Hall–Kier alpha value is -3.67. The van der Waals surface area contributed by atoms with E-state index in [4.69, 9.17) is 4.74 Å². The van der Waals surface area contributed by atoms with Crippen LogP contribution in [-0.4, -0.2) is 21.1 Å². The number of fused-ring (bicyclic) bond motifs is 1. The molecule has 4 aromatic rings. The fourth-order valence-electron chi connectivity index (χ4n) is 2.68. The van der Waals surface area contributed by atoms with Gasteiger partial charge in [-0.3, -0.25) is 14.9 Å². The molecule has 6 heteroatoms. The summed E-state index contributed by atoms with van der Waals surface area (Å²) in [6.45, 7) is 0. The maximum atomic E-state index is 12.5. The minimum atomic E-state index is -0.176. The predicted octanol–water partition coefficient (Wildman–Crippen LogP) is 3.93. The molecule has 4 rings (SSSR count). The summed E-state index contributed by atoms with van der Waals surface area (Å²) in [6.07, 6.45) is 3.37. The van der Waals surface area contributed by atoms with Gasteiger partial charge in [0, 0.05) is 17.6 Å². The number of amides is 1. The van der Waals surface area contributed by atoms with Gasteiger partial charge < -0.3 is 10.1 Å². The monoisotopic (exact) mass is 344 g/mol. The molecule has 0 saturated heterocycles. The van der Waals surface area contributed by atoms with Gasteiger partial charge in [-0.15, -0.1) is 0 Å². The number of para-hydroxylation sites is 2. The molecule has 2 aromatic heterocycles. The number of rotatable bonds is 5. The Bertz CT molecular complexity index is 1040. The largest absolute Gasteiger partial charge is 0.455 e. The summed E-state index contributed by atoms with van der Waals surface area (Å²) in [5.74, 6) is 1.05. The molecule has 1 amide bonds. The van der Waals surface area contributed by atoms with Gasteiger partial charge in [-0.25, -0.2) is 0 Å². The standard InChI is InChI=1S/C20H16N4O2/c25-20(12-17-15-8-4-5-9-16(15)23-24-17)22-18-13-21-11-10-19(18)26-14-6-2-1-3-7-14/h1-11,13H,12H2,(H,22,25)(H,23,24). The Morgan fingerprint density at radius 1 is 1.04 bits per heavy atom. The smallest absolute Gasteiger partial charge is 0.230 e. The number of carbonyl (C=O) groups is 1. The van der Waals surface area contributed by atoms with Crippen molar-refractivity contribution in [2.24, 2.45) is 0 Å². The lowest BCUT2D eigenvalue weighted by atomic mass is 10.1. The van der Waals surface area contributed by atoms with Gasteiger partial charge in [0.1, 0.15) is 11.4 Å². The highest BCUT2D eigenvalue weighted by atomic mass is 16.5. The number of nitrogens with zero attached hydrogens (tertiary/aromatic N) is 2. The number of H-pyrrole nitrogens is 1. The number of pyridine rings is 1. The van der Waals surface area contributed by atoms with Gasteiger partial charge in [0.15, 0.2) is 5.75 Å². The normalized spacial score (nSPS) is 10.6. The summed E-state index contributed by atoms with van der Waals surface area (Å²) < 4.78 is 5.84. The molecule has 0 atom stereocenters. The first-order valence-corrected chi connectivity index (χ1v) is 8.18. The van der Waals surface area contributed by atoms with Crippen LogP contribution in [0.15, 0.2) is 73.1 Å². The van der Waals surface area contributed by atoms with Gasteiger partial charge in [0.05, 0.1) is 23.8 Å². The third-order valence-electron chi connectivity index (χ3n) is 3.90. The Morgan fingerprint density at radius 3 is 2.73 bits per heavy atom. The topological polar surface area (TPSA) is 79.9 Å². The van der Waals surface area contributed by atoms with Crippen LogP contribution in [0.25, 0.3) is 10.9 Å². The first-order chi connectivity index (χ1) is 12.8. The van der Waals surface area contributed by atoms with E-state index in [1.807, 2.05) is 54.6 Å². The van der Waals surface area contributed by atoms with Crippen LogP contribution in [0.1, 0.15) is 5.69 Å². The zero-order chi connectivity index (χ0) is 17.8. The maximum Gasteiger partial charge on any atom is 0.230 e. The molecule has 26 heavy (non-hydrogen) atoms.